The Morgan fingerprint density at radius 1 is 1.15 bits per heavy atom. The first-order chi connectivity index (χ1) is 12.5. The van der Waals surface area contributed by atoms with Crippen LogP contribution in [0.1, 0.15) is 12.0 Å². The Morgan fingerprint density at radius 2 is 1.88 bits per heavy atom. The van der Waals surface area contributed by atoms with E-state index in [2.05, 4.69) is 10.2 Å². The predicted octanol–water partition coefficient (Wildman–Crippen LogP) is 1.83. The summed E-state index contributed by atoms with van der Waals surface area (Å²) >= 11 is 11.9. The van der Waals surface area contributed by atoms with E-state index >= 15 is 0 Å². The quantitative estimate of drug-likeness (QED) is 0.675. The number of carbonyl (C=O) groups is 2. The van der Waals surface area contributed by atoms with Gasteiger partial charge in [-0.2, -0.15) is 0 Å². The summed E-state index contributed by atoms with van der Waals surface area (Å²) in [6.07, 6.45) is 1.11. The zero-order chi connectivity index (χ0) is 18.9. The Morgan fingerprint density at radius 3 is 2.54 bits per heavy atom. The van der Waals surface area contributed by atoms with Crippen molar-refractivity contribution in [1.82, 2.24) is 15.1 Å². The van der Waals surface area contributed by atoms with E-state index in [1.165, 1.54) is 0 Å². The molecule has 0 bridgehead atoms. The van der Waals surface area contributed by atoms with Gasteiger partial charge in [-0.3, -0.25) is 14.5 Å². The van der Waals surface area contributed by atoms with Crippen molar-refractivity contribution in [2.24, 2.45) is 0 Å². The zero-order valence-corrected chi connectivity index (χ0v) is 16.5. The monoisotopic (exact) mass is 401 g/mol. The molecular weight excluding hydrogens is 377 g/mol. The van der Waals surface area contributed by atoms with Crippen LogP contribution in [-0.4, -0.2) is 74.6 Å². The third-order valence-electron chi connectivity index (χ3n) is 4.28. The number of rotatable bonds is 8. The molecule has 1 aliphatic rings. The summed E-state index contributed by atoms with van der Waals surface area (Å²) in [4.78, 5) is 28.2. The first-order valence-electron chi connectivity index (χ1n) is 8.69. The molecule has 0 aromatic heterocycles. The minimum Gasteiger partial charge on any atom is -0.385 e. The summed E-state index contributed by atoms with van der Waals surface area (Å²) in [5, 5.41) is 3.82. The van der Waals surface area contributed by atoms with Crippen LogP contribution in [0.2, 0.25) is 10.0 Å². The van der Waals surface area contributed by atoms with Crippen LogP contribution in [0, 0.1) is 0 Å². The van der Waals surface area contributed by atoms with Gasteiger partial charge in [0.2, 0.25) is 11.8 Å². The number of halogens is 2. The second-order valence-corrected chi connectivity index (χ2v) is 7.09. The molecule has 1 fully saturated rings. The maximum absolute atomic E-state index is 12.4. The maximum atomic E-state index is 12.4. The number of amides is 2. The van der Waals surface area contributed by atoms with E-state index in [9.17, 15) is 9.59 Å². The van der Waals surface area contributed by atoms with E-state index < -0.39 is 0 Å². The van der Waals surface area contributed by atoms with Crippen LogP contribution in [0.25, 0.3) is 0 Å². The molecule has 0 aliphatic carbocycles. The van der Waals surface area contributed by atoms with Gasteiger partial charge in [-0.05, 0) is 24.1 Å². The summed E-state index contributed by atoms with van der Waals surface area (Å²) < 4.78 is 4.95. The van der Waals surface area contributed by atoms with Crippen molar-refractivity contribution >= 4 is 35.0 Å². The standard InChI is InChI=1S/C18H25Cl2N3O3/c1-26-10-2-5-21-17(24)13-22-6-8-23(9-7-22)18(25)12-14-3-4-15(19)16(20)11-14/h3-4,11H,2,5-10,12-13H2,1H3,(H,21,24). The van der Waals surface area contributed by atoms with Crippen LogP contribution in [0.5, 0.6) is 0 Å². The normalized spacial score (nSPS) is 15.1. The van der Waals surface area contributed by atoms with Crippen molar-refractivity contribution in [3.05, 3.63) is 33.8 Å². The van der Waals surface area contributed by atoms with Gasteiger partial charge in [-0.25, -0.2) is 0 Å². The highest BCUT2D eigenvalue weighted by atomic mass is 35.5. The van der Waals surface area contributed by atoms with Gasteiger partial charge in [0.25, 0.3) is 0 Å². The van der Waals surface area contributed by atoms with Crippen LogP contribution in [0.15, 0.2) is 18.2 Å². The van der Waals surface area contributed by atoms with Gasteiger partial charge < -0.3 is 15.0 Å². The smallest absolute Gasteiger partial charge is 0.234 e. The number of carbonyl (C=O) groups excluding carboxylic acids is 2. The van der Waals surface area contributed by atoms with Crippen molar-refractivity contribution in [3.63, 3.8) is 0 Å². The van der Waals surface area contributed by atoms with Gasteiger partial charge in [0.05, 0.1) is 23.0 Å². The van der Waals surface area contributed by atoms with Crippen molar-refractivity contribution in [2.45, 2.75) is 12.8 Å². The molecule has 1 saturated heterocycles. The summed E-state index contributed by atoms with van der Waals surface area (Å²) in [6, 6.07) is 5.25. The van der Waals surface area contributed by atoms with E-state index in [0.29, 0.717) is 62.3 Å². The minimum absolute atomic E-state index is 0.0108. The van der Waals surface area contributed by atoms with Gasteiger partial charge >= 0.3 is 0 Å². The van der Waals surface area contributed by atoms with Crippen LogP contribution in [0.4, 0.5) is 0 Å². The first-order valence-corrected chi connectivity index (χ1v) is 9.45. The Hall–Kier alpha value is -1.34. The van der Waals surface area contributed by atoms with Crippen LogP contribution >= 0.6 is 23.2 Å². The molecule has 6 nitrogen and oxygen atoms in total. The average molecular weight is 402 g/mol. The summed E-state index contributed by atoms with van der Waals surface area (Å²) in [6.45, 7) is 4.25. The van der Waals surface area contributed by atoms with Crippen molar-refractivity contribution in [2.75, 3.05) is 53.0 Å². The lowest BCUT2D eigenvalue weighted by Gasteiger charge is -2.34. The molecule has 0 radical (unpaired) electrons. The molecule has 0 unspecified atom stereocenters. The molecule has 0 spiro atoms. The molecule has 0 atom stereocenters. The molecular formula is C18H25Cl2N3O3. The largest absolute Gasteiger partial charge is 0.385 e. The second kappa shape index (κ2) is 10.7. The van der Waals surface area contributed by atoms with Crippen LogP contribution < -0.4 is 5.32 Å². The molecule has 26 heavy (non-hydrogen) atoms. The lowest BCUT2D eigenvalue weighted by molar-refractivity contribution is -0.132. The Kier molecular flexibility index (Phi) is 8.65. The van der Waals surface area contributed by atoms with E-state index in [0.717, 1.165) is 12.0 Å². The lowest BCUT2D eigenvalue weighted by atomic mass is 10.1. The molecule has 144 valence electrons. The maximum Gasteiger partial charge on any atom is 0.234 e. The molecule has 8 heteroatoms. The average Bonchev–Trinajstić information content (AvgIpc) is 2.62. The van der Waals surface area contributed by atoms with Gasteiger partial charge in [-0.15, -0.1) is 0 Å². The van der Waals surface area contributed by atoms with E-state index in [1.54, 1.807) is 19.2 Å². The van der Waals surface area contributed by atoms with Gasteiger partial charge in [0.1, 0.15) is 0 Å². The highest BCUT2D eigenvalue weighted by Gasteiger charge is 2.22. The number of benzene rings is 1. The number of hydrogen-bond acceptors (Lipinski definition) is 4. The number of methoxy groups -OCH3 is 1. The number of hydrogen-bond donors (Lipinski definition) is 1. The SMILES string of the molecule is COCCCNC(=O)CN1CCN(C(=O)Cc2ccc(Cl)c(Cl)c2)CC1. The summed E-state index contributed by atoms with van der Waals surface area (Å²) in [5.41, 5.74) is 0.849. The topological polar surface area (TPSA) is 61.9 Å². The van der Waals surface area contributed by atoms with Crippen molar-refractivity contribution < 1.29 is 14.3 Å². The van der Waals surface area contributed by atoms with Gasteiger partial charge in [-0.1, -0.05) is 29.3 Å². The number of nitrogens with one attached hydrogen (secondary N) is 1. The highest BCUT2D eigenvalue weighted by molar-refractivity contribution is 6.42. The minimum atomic E-state index is 0.0108. The fourth-order valence-corrected chi connectivity index (χ4v) is 3.12. The fraction of sp³-hybridized carbons (Fsp3) is 0.556. The Balaban J connectivity index is 1.71. The lowest BCUT2D eigenvalue weighted by Crippen LogP contribution is -2.51. The number of ether oxygens (including phenoxy) is 1. The van der Waals surface area contributed by atoms with Gasteiger partial charge in [0.15, 0.2) is 0 Å². The molecule has 1 heterocycles. The van der Waals surface area contributed by atoms with Crippen LogP contribution in [0.3, 0.4) is 0 Å². The molecule has 1 aromatic rings. The fourth-order valence-electron chi connectivity index (χ4n) is 2.79. The summed E-state index contributed by atoms with van der Waals surface area (Å²) in [5.74, 6) is 0.0729. The molecule has 0 saturated carbocycles. The second-order valence-electron chi connectivity index (χ2n) is 6.28. The first kappa shape index (κ1) is 21.0. The van der Waals surface area contributed by atoms with Crippen molar-refractivity contribution in [3.8, 4) is 0 Å². The molecule has 1 N–H and O–H groups in total. The number of nitrogens with zero attached hydrogens (tertiary/aromatic N) is 2. The Labute approximate surface area is 164 Å². The Bertz CT molecular complexity index is 620. The third-order valence-corrected chi connectivity index (χ3v) is 5.02. The van der Waals surface area contributed by atoms with Crippen molar-refractivity contribution in [1.29, 1.82) is 0 Å². The van der Waals surface area contributed by atoms with E-state index in [4.69, 9.17) is 27.9 Å². The van der Waals surface area contributed by atoms with Crippen LogP contribution in [-0.2, 0) is 20.7 Å². The molecule has 2 amide bonds. The molecule has 1 aliphatic heterocycles. The zero-order valence-electron chi connectivity index (χ0n) is 15.0. The highest BCUT2D eigenvalue weighted by Crippen LogP contribution is 2.23. The third kappa shape index (κ3) is 6.76. The predicted molar refractivity (Wildman–Crippen MR) is 103 cm³/mol. The van der Waals surface area contributed by atoms with Gasteiger partial charge in [0, 0.05) is 46.4 Å². The molecule has 1 aromatic carbocycles. The van der Waals surface area contributed by atoms with E-state index in [1.807, 2.05) is 11.0 Å². The number of piperazine rings is 1. The van der Waals surface area contributed by atoms with E-state index in [-0.39, 0.29) is 11.8 Å². The molecule has 2 rings (SSSR count). The summed E-state index contributed by atoms with van der Waals surface area (Å²) in [7, 11) is 1.64.